The average Bonchev–Trinajstić information content (AvgIpc) is 3.04. The lowest BCUT2D eigenvalue weighted by molar-refractivity contribution is -0.115. The van der Waals surface area contributed by atoms with Crippen LogP contribution >= 0.6 is 11.6 Å². The summed E-state index contributed by atoms with van der Waals surface area (Å²) in [6, 6.07) is 15.3. The Morgan fingerprint density at radius 2 is 2.08 bits per heavy atom. The first-order chi connectivity index (χ1) is 19.3. The molecule has 1 fully saturated rings. The minimum Gasteiger partial charge on any atom is -0.490 e. The molecule has 1 saturated carbocycles. The van der Waals surface area contributed by atoms with Crippen molar-refractivity contribution in [1.82, 2.24) is 4.98 Å². The summed E-state index contributed by atoms with van der Waals surface area (Å²) in [6.07, 6.45) is 8.32. The fourth-order valence-corrected chi connectivity index (χ4v) is 7.19. The van der Waals surface area contributed by atoms with Crippen molar-refractivity contribution in [3.63, 3.8) is 0 Å². The molecule has 3 aliphatic rings. The third-order valence-electron chi connectivity index (χ3n) is 8.68. The molecular formula is C31H34ClN3O4S. The lowest BCUT2D eigenvalue weighted by Crippen LogP contribution is -2.47. The van der Waals surface area contributed by atoms with Gasteiger partial charge in [0.1, 0.15) is 5.75 Å². The second-order valence-electron chi connectivity index (χ2n) is 11.5. The fraction of sp³-hybridized carbons (Fsp3) is 0.419. The zero-order chi connectivity index (χ0) is 27.9. The van der Waals surface area contributed by atoms with E-state index in [2.05, 4.69) is 27.3 Å². The summed E-state index contributed by atoms with van der Waals surface area (Å²) in [4.78, 5) is 19.9. The number of hydrogen-bond acceptors (Lipinski definition) is 5. The van der Waals surface area contributed by atoms with Crippen LogP contribution in [-0.4, -0.2) is 39.3 Å². The first-order valence-electron chi connectivity index (χ1n) is 14.0. The Morgan fingerprint density at radius 1 is 1.23 bits per heavy atom. The SMILES string of the molecule is Cc1ccc(C(C(=O)Nc2ccc3c(c2)N(CC2CCC2)C[C@@]2(CCCc4cc(Cl)ccc42)CO3)S(=O)O)cn1. The largest absolute Gasteiger partial charge is 0.490 e. The van der Waals surface area contributed by atoms with Crippen molar-refractivity contribution in [1.29, 1.82) is 0 Å². The van der Waals surface area contributed by atoms with Crippen molar-refractivity contribution >= 4 is 40.0 Å². The van der Waals surface area contributed by atoms with Gasteiger partial charge in [-0.2, -0.15) is 0 Å². The van der Waals surface area contributed by atoms with Gasteiger partial charge in [0.15, 0.2) is 16.3 Å². The monoisotopic (exact) mass is 579 g/mol. The minimum absolute atomic E-state index is 0.151. The van der Waals surface area contributed by atoms with E-state index in [9.17, 15) is 13.6 Å². The van der Waals surface area contributed by atoms with E-state index >= 15 is 0 Å². The number of ether oxygens (including phenoxy) is 1. The second kappa shape index (κ2) is 11.1. The zero-order valence-corrected chi connectivity index (χ0v) is 24.1. The molecule has 210 valence electrons. The molecule has 6 rings (SSSR count). The first kappa shape index (κ1) is 27.2. The number of hydrogen-bond donors (Lipinski definition) is 2. The number of anilines is 2. The smallest absolute Gasteiger partial charge is 0.247 e. The Labute approximate surface area is 242 Å². The summed E-state index contributed by atoms with van der Waals surface area (Å²) < 4.78 is 28.7. The summed E-state index contributed by atoms with van der Waals surface area (Å²) in [5, 5.41) is 2.41. The van der Waals surface area contributed by atoms with Crippen LogP contribution in [0.3, 0.4) is 0 Å². The summed E-state index contributed by atoms with van der Waals surface area (Å²) in [5.74, 6) is 0.867. The standard InChI is InChI=1S/C31H34ClN3O4S/c1-20-7-8-23(16-33-20)29(40(37)38)30(36)34-25-10-12-28-27(15-25)35(17-21-4-2-5-21)18-31(19-39-28)13-3-6-22-14-24(32)9-11-26(22)31/h7-12,14-16,21,29H,2-6,13,17-19H2,1H3,(H,34,36)(H,37,38)/t29?,31-/m0/s1. The average molecular weight is 580 g/mol. The molecule has 2 unspecified atom stereocenters. The van der Waals surface area contributed by atoms with Gasteiger partial charge in [0.25, 0.3) is 0 Å². The van der Waals surface area contributed by atoms with E-state index in [1.54, 1.807) is 18.2 Å². The summed E-state index contributed by atoms with van der Waals surface area (Å²) in [6.45, 7) is 4.15. The molecular weight excluding hydrogens is 546 g/mol. The number of benzene rings is 2. The molecule has 40 heavy (non-hydrogen) atoms. The Morgan fingerprint density at radius 3 is 2.80 bits per heavy atom. The van der Waals surface area contributed by atoms with Crippen LogP contribution in [0.1, 0.15) is 59.7 Å². The lowest BCUT2D eigenvalue weighted by atomic mass is 9.70. The Hall–Kier alpha value is -2.94. The number of rotatable bonds is 6. The van der Waals surface area contributed by atoms with Gasteiger partial charge in [-0.25, -0.2) is 4.21 Å². The molecule has 7 nitrogen and oxygen atoms in total. The molecule has 2 aromatic carbocycles. The van der Waals surface area contributed by atoms with Crippen molar-refractivity contribution in [3.8, 4) is 5.75 Å². The van der Waals surface area contributed by atoms with E-state index in [0.29, 0.717) is 23.8 Å². The Kier molecular flexibility index (Phi) is 7.59. The number of carbonyl (C=O) groups excluding carboxylic acids is 1. The van der Waals surface area contributed by atoms with Crippen LogP contribution < -0.4 is 15.0 Å². The molecule has 1 spiro atoms. The molecule has 3 aromatic rings. The van der Waals surface area contributed by atoms with E-state index < -0.39 is 22.2 Å². The number of aryl methyl sites for hydroxylation is 2. The number of nitrogens with one attached hydrogen (secondary N) is 1. The number of fused-ring (bicyclic) bond motifs is 3. The summed E-state index contributed by atoms with van der Waals surface area (Å²) in [5.41, 5.74) is 5.15. The van der Waals surface area contributed by atoms with Gasteiger partial charge >= 0.3 is 0 Å². The molecule has 1 aromatic heterocycles. The highest BCUT2D eigenvalue weighted by molar-refractivity contribution is 7.80. The van der Waals surface area contributed by atoms with Crippen LogP contribution in [0.2, 0.25) is 5.02 Å². The van der Waals surface area contributed by atoms with Gasteiger partial charge < -0.3 is 19.5 Å². The van der Waals surface area contributed by atoms with E-state index in [1.807, 2.05) is 25.1 Å². The van der Waals surface area contributed by atoms with Gasteiger partial charge in [-0.1, -0.05) is 30.2 Å². The van der Waals surface area contributed by atoms with Crippen LogP contribution in [0.25, 0.3) is 0 Å². The second-order valence-corrected chi connectivity index (χ2v) is 12.9. The number of carbonyl (C=O) groups is 1. The molecule has 2 N–H and O–H groups in total. The highest BCUT2D eigenvalue weighted by atomic mass is 35.5. The predicted octanol–water partition coefficient (Wildman–Crippen LogP) is 6.22. The molecule has 2 aliphatic carbocycles. The van der Waals surface area contributed by atoms with E-state index in [4.69, 9.17) is 16.3 Å². The molecule has 9 heteroatoms. The quantitative estimate of drug-likeness (QED) is 0.337. The molecule has 2 heterocycles. The van der Waals surface area contributed by atoms with Crippen LogP contribution in [0.5, 0.6) is 5.75 Å². The highest BCUT2D eigenvalue weighted by Gasteiger charge is 2.42. The predicted molar refractivity (Wildman–Crippen MR) is 159 cm³/mol. The molecule has 3 atom stereocenters. The molecule has 0 bridgehead atoms. The number of nitrogens with zero attached hydrogens (tertiary/aromatic N) is 2. The third kappa shape index (κ3) is 5.37. The fourth-order valence-electron chi connectivity index (χ4n) is 6.38. The van der Waals surface area contributed by atoms with E-state index in [-0.39, 0.29) is 5.41 Å². The van der Waals surface area contributed by atoms with Gasteiger partial charge in [-0.15, -0.1) is 0 Å². The summed E-state index contributed by atoms with van der Waals surface area (Å²) >= 11 is 3.96. The van der Waals surface area contributed by atoms with E-state index in [1.165, 1.54) is 36.6 Å². The number of halogens is 1. The van der Waals surface area contributed by atoms with Crippen molar-refractivity contribution in [2.45, 2.75) is 56.1 Å². The maximum absolute atomic E-state index is 13.2. The normalized spacial score (nSPS) is 21.8. The Balaban J connectivity index is 1.31. The Bertz CT molecular complexity index is 1440. The molecule has 0 saturated heterocycles. The summed E-state index contributed by atoms with van der Waals surface area (Å²) in [7, 11) is 0. The van der Waals surface area contributed by atoms with Crippen molar-refractivity contribution in [2.24, 2.45) is 5.92 Å². The van der Waals surface area contributed by atoms with Gasteiger partial charge in [0, 0.05) is 41.1 Å². The van der Waals surface area contributed by atoms with Crippen molar-refractivity contribution < 1.29 is 18.3 Å². The van der Waals surface area contributed by atoms with Crippen LogP contribution in [0.15, 0.2) is 54.7 Å². The molecule has 1 aliphatic heterocycles. The maximum atomic E-state index is 13.2. The molecule has 1 amide bonds. The molecule has 0 radical (unpaired) electrons. The lowest BCUT2D eigenvalue weighted by Gasteiger charge is -2.42. The minimum atomic E-state index is -2.40. The van der Waals surface area contributed by atoms with Gasteiger partial charge in [-0.05, 0) is 98.0 Å². The van der Waals surface area contributed by atoms with Gasteiger partial charge in [0.2, 0.25) is 5.91 Å². The third-order valence-corrected chi connectivity index (χ3v) is 9.81. The highest BCUT2D eigenvalue weighted by Crippen LogP contribution is 2.46. The van der Waals surface area contributed by atoms with Gasteiger partial charge in [-0.3, -0.25) is 9.78 Å². The van der Waals surface area contributed by atoms with Crippen molar-refractivity contribution in [3.05, 3.63) is 82.1 Å². The maximum Gasteiger partial charge on any atom is 0.247 e. The van der Waals surface area contributed by atoms with Crippen LogP contribution in [-0.2, 0) is 27.7 Å². The number of pyridine rings is 1. The van der Waals surface area contributed by atoms with E-state index in [0.717, 1.165) is 54.5 Å². The number of aromatic nitrogens is 1. The topological polar surface area (TPSA) is 91.8 Å². The first-order valence-corrected chi connectivity index (χ1v) is 15.5. The zero-order valence-electron chi connectivity index (χ0n) is 22.6. The van der Waals surface area contributed by atoms with Crippen LogP contribution in [0.4, 0.5) is 11.4 Å². The van der Waals surface area contributed by atoms with Crippen molar-refractivity contribution in [2.75, 3.05) is 29.9 Å². The van der Waals surface area contributed by atoms with Crippen LogP contribution in [0, 0.1) is 12.8 Å². The number of amides is 1. The van der Waals surface area contributed by atoms with Gasteiger partial charge in [0.05, 0.1) is 12.3 Å².